The molecule has 126 valence electrons. The number of thiophene rings is 1. The molecule has 3 heterocycles. The van der Waals surface area contributed by atoms with Gasteiger partial charge in [0.05, 0.1) is 10.5 Å². The Labute approximate surface area is 146 Å². The lowest BCUT2D eigenvalue weighted by molar-refractivity contribution is -0.115. The Morgan fingerprint density at radius 2 is 2.08 bits per heavy atom. The highest BCUT2D eigenvalue weighted by Crippen LogP contribution is 2.36. The van der Waals surface area contributed by atoms with E-state index in [0.717, 1.165) is 4.88 Å². The van der Waals surface area contributed by atoms with Gasteiger partial charge in [-0.25, -0.2) is 9.07 Å². The molecule has 1 atom stereocenters. The lowest BCUT2D eigenvalue weighted by Crippen LogP contribution is -2.31. The summed E-state index contributed by atoms with van der Waals surface area (Å²) >= 11 is 1.53. The number of nitrogens with zero attached hydrogens (tertiary/aromatic N) is 3. The lowest BCUT2D eigenvalue weighted by atomic mass is 9.95. The van der Waals surface area contributed by atoms with Crippen molar-refractivity contribution in [3.05, 3.63) is 64.4 Å². The zero-order valence-corrected chi connectivity index (χ0v) is 14.0. The van der Waals surface area contributed by atoms with Crippen LogP contribution in [0.2, 0.25) is 0 Å². The first-order chi connectivity index (χ1) is 12.0. The van der Waals surface area contributed by atoms with Crippen molar-refractivity contribution < 1.29 is 9.18 Å². The second-order valence-electron chi connectivity index (χ2n) is 5.66. The number of rotatable bonds is 3. The summed E-state index contributed by atoms with van der Waals surface area (Å²) in [5, 5.41) is 9.58. The van der Waals surface area contributed by atoms with Crippen LogP contribution in [0.25, 0.3) is 10.7 Å². The molecule has 3 aromatic rings. The van der Waals surface area contributed by atoms with E-state index in [4.69, 9.17) is 5.73 Å². The molecule has 0 fully saturated rings. The van der Waals surface area contributed by atoms with Crippen molar-refractivity contribution in [2.75, 3.05) is 5.32 Å². The third-order valence-corrected chi connectivity index (χ3v) is 4.91. The van der Waals surface area contributed by atoms with Gasteiger partial charge in [-0.05, 0) is 36.1 Å². The molecular weight excluding hydrogens is 341 g/mol. The quantitative estimate of drug-likeness (QED) is 0.756. The smallest absolute Gasteiger partial charge is 0.248 e. The van der Waals surface area contributed by atoms with Crippen LogP contribution in [-0.2, 0) is 4.79 Å². The summed E-state index contributed by atoms with van der Waals surface area (Å²) in [6.45, 7) is 1.76. The number of aromatic nitrogens is 3. The van der Waals surface area contributed by atoms with Gasteiger partial charge in [0.2, 0.25) is 11.9 Å². The van der Waals surface area contributed by atoms with E-state index < -0.39 is 11.9 Å². The fourth-order valence-electron chi connectivity index (χ4n) is 2.93. The highest BCUT2D eigenvalue weighted by molar-refractivity contribution is 7.13. The first-order valence-corrected chi connectivity index (χ1v) is 8.46. The Hall–Kier alpha value is -3.00. The summed E-state index contributed by atoms with van der Waals surface area (Å²) in [6.07, 6.45) is 0. The van der Waals surface area contributed by atoms with Gasteiger partial charge in [0, 0.05) is 5.70 Å². The number of benzene rings is 1. The van der Waals surface area contributed by atoms with Gasteiger partial charge in [0.1, 0.15) is 11.9 Å². The molecule has 0 unspecified atom stereocenters. The van der Waals surface area contributed by atoms with Gasteiger partial charge in [0.25, 0.3) is 0 Å². The zero-order chi connectivity index (χ0) is 17.6. The molecule has 3 N–H and O–H groups in total. The van der Waals surface area contributed by atoms with E-state index in [1.807, 2.05) is 17.5 Å². The normalized spacial score (nSPS) is 16.5. The number of hydrogen-bond donors (Lipinski definition) is 2. The number of allylic oxidation sites excluding steroid dienone is 1. The van der Waals surface area contributed by atoms with Crippen molar-refractivity contribution in [2.24, 2.45) is 5.73 Å². The van der Waals surface area contributed by atoms with Crippen LogP contribution >= 0.6 is 11.3 Å². The topological polar surface area (TPSA) is 85.8 Å². The Bertz CT molecular complexity index is 975. The van der Waals surface area contributed by atoms with Crippen molar-refractivity contribution in [3.8, 4) is 10.7 Å². The van der Waals surface area contributed by atoms with Gasteiger partial charge in [-0.15, -0.1) is 16.4 Å². The second kappa shape index (κ2) is 5.82. The van der Waals surface area contributed by atoms with E-state index in [1.165, 1.54) is 23.5 Å². The average Bonchev–Trinajstić information content (AvgIpc) is 3.23. The number of hydrogen-bond acceptors (Lipinski definition) is 5. The first-order valence-electron chi connectivity index (χ1n) is 7.58. The van der Waals surface area contributed by atoms with Crippen LogP contribution in [0.1, 0.15) is 18.5 Å². The number of carbonyl (C=O) groups excluding carboxylic acids is 1. The molecule has 0 radical (unpaired) electrons. The predicted molar refractivity (Wildman–Crippen MR) is 93.4 cm³/mol. The molecule has 2 aromatic heterocycles. The fourth-order valence-corrected chi connectivity index (χ4v) is 3.59. The Morgan fingerprint density at radius 1 is 1.32 bits per heavy atom. The van der Waals surface area contributed by atoms with Crippen LogP contribution in [0.15, 0.2) is 53.0 Å². The van der Waals surface area contributed by atoms with Crippen LogP contribution in [-0.4, -0.2) is 20.7 Å². The van der Waals surface area contributed by atoms with E-state index in [2.05, 4.69) is 15.4 Å². The van der Waals surface area contributed by atoms with Crippen molar-refractivity contribution in [1.82, 2.24) is 14.8 Å². The molecule has 25 heavy (non-hydrogen) atoms. The number of nitrogens with one attached hydrogen (secondary N) is 1. The third-order valence-electron chi connectivity index (χ3n) is 4.05. The van der Waals surface area contributed by atoms with Crippen molar-refractivity contribution in [2.45, 2.75) is 13.0 Å². The van der Waals surface area contributed by atoms with E-state index in [1.54, 1.807) is 23.7 Å². The first kappa shape index (κ1) is 15.5. The van der Waals surface area contributed by atoms with Crippen LogP contribution in [0.4, 0.5) is 10.3 Å². The molecule has 1 amide bonds. The maximum atomic E-state index is 13.3. The van der Waals surface area contributed by atoms with Crippen LogP contribution in [0.5, 0.6) is 0 Å². The monoisotopic (exact) mass is 355 g/mol. The number of primary amides is 1. The Morgan fingerprint density at radius 3 is 2.72 bits per heavy atom. The molecule has 8 heteroatoms. The van der Waals surface area contributed by atoms with Crippen molar-refractivity contribution in [3.63, 3.8) is 0 Å². The second-order valence-corrected chi connectivity index (χ2v) is 6.61. The number of nitrogens with two attached hydrogens (primary N) is 1. The molecule has 0 bridgehead atoms. The third kappa shape index (κ3) is 2.60. The number of carbonyl (C=O) groups is 1. The van der Waals surface area contributed by atoms with Gasteiger partial charge in [-0.3, -0.25) is 4.79 Å². The summed E-state index contributed by atoms with van der Waals surface area (Å²) < 4.78 is 14.9. The minimum absolute atomic E-state index is 0.350. The molecular formula is C17H14FN5OS. The molecule has 0 spiro atoms. The summed E-state index contributed by atoms with van der Waals surface area (Å²) in [6, 6.07) is 9.23. The largest absolute Gasteiger partial charge is 0.366 e. The minimum atomic E-state index is -0.560. The maximum absolute atomic E-state index is 13.3. The van der Waals surface area contributed by atoms with E-state index in [0.29, 0.717) is 28.6 Å². The number of fused-ring (bicyclic) bond motifs is 1. The van der Waals surface area contributed by atoms with Gasteiger partial charge < -0.3 is 11.1 Å². The molecule has 1 aliphatic rings. The van der Waals surface area contributed by atoms with Crippen LogP contribution in [0.3, 0.4) is 0 Å². The predicted octanol–water partition coefficient (Wildman–Crippen LogP) is 2.92. The van der Waals surface area contributed by atoms with E-state index in [9.17, 15) is 9.18 Å². The minimum Gasteiger partial charge on any atom is -0.366 e. The molecule has 0 aliphatic carbocycles. The zero-order valence-electron chi connectivity index (χ0n) is 13.2. The summed E-state index contributed by atoms with van der Waals surface area (Å²) in [4.78, 5) is 17.5. The number of halogens is 1. The standard InChI is InChI=1S/C17H14FN5OS/c1-9-13(15(19)24)14(10-4-6-11(18)7-5-10)23-17(20-9)21-16(22-23)12-3-2-8-25-12/h2-8,14H,1H3,(H2,19,24)(H,20,21,22)/t14-/m1/s1. The van der Waals surface area contributed by atoms with Gasteiger partial charge in [-0.2, -0.15) is 4.98 Å². The lowest BCUT2D eigenvalue weighted by Gasteiger charge is -2.27. The molecule has 4 rings (SSSR count). The highest BCUT2D eigenvalue weighted by atomic mass is 32.1. The maximum Gasteiger partial charge on any atom is 0.248 e. The molecule has 1 aromatic carbocycles. The summed E-state index contributed by atoms with van der Waals surface area (Å²) in [5.41, 5.74) is 7.30. The van der Waals surface area contributed by atoms with Crippen LogP contribution in [0, 0.1) is 5.82 Å². The van der Waals surface area contributed by atoms with Gasteiger partial charge in [0.15, 0.2) is 5.82 Å². The van der Waals surface area contributed by atoms with Crippen LogP contribution < -0.4 is 11.1 Å². The molecule has 1 aliphatic heterocycles. The molecule has 0 saturated carbocycles. The Kier molecular flexibility index (Phi) is 3.61. The van der Waals surface area contributed by atoms with E-state index >= 15 is 0 Å². The summed E-state index contributed by atoms with van der Waals surface area (Å²) in [5.74, 6) is 0.165. The number of amides is 1. The average molecular weight is 355 g/mol. The van der Waals surface area contributed by atoms with Crippen molar-refractivity contribution in [1.29, 1.82) is 0 Å². The highest BCUT2D eigenvalue weighted by Gasteiger charge is 2.33. The van der Waals surface area contributed by atoms with Gasteiger partial charge in [-0.1, -0.05) is 18.2 Å². The van der Waals surface area contributed by atoms with E-state index in [-0.39, 0.29) is 5.82 Å². The fraction of sp³-hybridized carbons (Fsp3) is 0.118. The summed E-state index contributed by atoms with van der Waals surface area (Å²) in [7, 11) is 0. The SMILES string of the molecule is CC1=C(C(N)=O)[C@@H](c2ccc(F)cc2)n2nc(-c3cccs3)nc2N1. The van der Waals surface area contributed by atoms with Crippen molar-refractivity contribution >= 4 is 23.2 Å². The molecule has 6 nitrogen and oxygen atoms in total. The molecule has 0 saturated heterocycles. The number of anilines is 1. The Balaban J connectivity index is 1.89. The van der Waals surface area contributed by atoms with Gasteiger partial charge >= 0.3 is 0 Å².